The Kier molecular flexibility index (Phi) is 5.69. The number of nitrogens with one attached hydrogen (secondary N) is 1. The molecular formula is C12H15BrN2O2. The number of alkyl halides is 1. The van der Waals surface area contributed by atoms with Crippen molar-refractivity contribution < 1.29 is 9.59 Å². The van der Waals surface area contributed by atoms with E-state index in [1.807, 2.05) is 0 Å². The maximum absolute atomic E-state index is 11.6. The van der Waals surface area contributed by atoms with E-state index in [0.717, 1.165) is 18.2 Å². The van der Waals surface area contributed by atoms with Crippen LogP contribution in [-0.4, -0.2) is 23.7 Å². The minimum absolute atomic E-state index is 0.129. The average molecular weight is 299 g/mol. The highest BCUT2D eigenvalue weighted by atomic mass is 79.9. The van der Waals surface area contributed by atoms with Crippen LogP contribution in [0.3, 0.4) is 0 Å². The minimum atomic E-state index is -0.491. The molecule has 3 N–H and O–H groups in total. The summed E-state index contributed by atoms with van der Waals surface area (Å²) in [4.78, 5) is 22.5. The summed E-state index contributed by atoms with van der Waals surface area (Å²) in [5.41, 5.74) is 6.05. The summed E-state index contributed by atoms with van der Waals surface area (Å²) in [6.45, 7) is 0.655. The van der Waals surface area contributed by atoms with Gasteiger partial charge in [0.1, 0.15) is 0 Å². The Hall–Kier alpha value is -1.36. The van der Waals surface area contributed by atoms with E-state index in [1.54, 1.807) is 24.3 Å². The smallest absolute Gasteiger partial charge is 0.251 e. The Bertz CT molecular complexity index is 390. The molecule has 0 unspecified atom stereocenters. The van der Waals surface area contributed by atoms with Crippen molar-refractivity contribution in [2.45, 2.75) is 12.8 Å². The summed E-state index contributed by atoms with van der Waals surface area (Å²) in [5, 5.41) is 3.75. The number of unbranched alkanes of at least 4 members (excludes halogenated alkanes) is 1. The molecule has 4 nitrogen and oxygen atoms in total. The molecule has 0 fully saturated rings. The number of halogens is 1. The lowest BCUT2D eigenvalue weighted by Gasteiger charge is -2.04. The van der Waals surface area contributed by atoms with Gasteiger partial charge in [0.15, 0.2) is 0 Å². The van der Waals surface area contributed by atoms with E-state index in [9.17, 15) is 9.59 Å². The van der Waals surface area contributed by atoms with Crippen molar-refractivity contribution in [3.05, 3.63) is 35.4 Å². The van der Waals surface area contributed by atoms with E-state index in [0.29, 0.717) is 17.7 Å². The van der Waals surface area contributed by atoms with Gasteiger partial charge in [0, 0.05) is 23.0 Å². The Morgan fingerprint density at radius 2 is 1.71 bits per heavy atom. The summed E-state index contributed by atoms with van der Waals surface area (Å²) < 4.78 is 0. The fourth-order valence-electron chi connectivity index (χ4n) is 1.31. The fourth-order valence-corrected chi connectivity index (χ4v) is 1.71. The molecule has 0 aliphatic rings. The molecule has 0 aliphatic heterocycles. The van der Waals surface area contributed by atoms with Crippen LogP contribution in [0.1, 0.15) is 33.6 Å². The maximum Gasteiger partial charge on any atom is 0.251 e. The maximum atomic E-state index is 11.6. The SMILES string of the molecule is NC(=O)c1ccc(C(=O)NCCCCBr)cc1. The molecule has 0 heterocycles. The second-order valence-corrected chi connectivity index (χ2v) is 4.39. The van der Waals surface area contributed by atoms with Gasteiger partial charge in [0.2, 0.25) is 5.91 Å². The first-order valence-electron chi connectivity index (χ1n) is 5.39. The van der Waals surface area contributed by atoms with Gasteiger partial charge in [-0.15, -0.1) is 0 Å². The number of carbonyl (C=O) groups excluding carboxylic acids is 2. The van der Waals surface area contributed by atoms with E-state index < -0.39 is 5.91 Å². The van der Waals surface area contributed by atoms with Crippen LogP contribution in [0.2, 0.25) is 0 Å². The molecule has 2 amide bonds. The average Bonchev–Trinajstić information content (AvgIpc) is 2.34. The third-order valence-electron chi connectivity index (χ3n) is 2.28. The zero-order chi connectivity index (χ0) is 12.7. The number of hydrogen-bond donors (Lipinski definition) is 2. The number of hydrogen-bond acceptors (Lipinski definition) is 2. The van der Waals surface area contributed by atoms with E-state index >= 15 is 0 Å². The van der Waals surface area contributed by atoms with Gasteiger partial charge in [0.25, 0.3) is 5.91 Å². The molecule has 92 valence electrons. The van der Waals surface area contributed by atoms with Crippen LogP contribution < -0.4 is 11.1 Å². The van der Waals surface area contributed by atoms with E-state index in [2.05, 4.69) is 21.2 Å². The van der Waals surface area contributed by atoms with Crippen molar-refractivity contribution in [3.63, 3.8) is 0 Å². The number of nitrogens with two attached hydrogens (primary N) is 1. The summed E-state index contributed by atoms with van der Waals surface area (Å²) >= 11 is 3.33. The second kappa shape index (κ2) is 7.06. The number of primary amides is 1. The van der Waals surface area contributed by atoms with Crippen molar-refractivity contribution in [1.82, 2.24) is 5.32 Å². The monoisotopic (exact) mass is 298 g/mol. The van der Waals surface area contributed by atoms with Gasteiger partial charge in [-0.3, -0.25) is 9.59 Å². The van der Waals surface area contributed by atoms with Crippen LogP contribution in [0.4, 0.5) is 0 Å². The lowest BCUT2D eigenvalue weighted by molar-refractivity contribution is 0.0950. The van der Waals surface area contributed by atoms with Crippen LogP contribution in [0.15, 0.2) is 24.3 Å². The first-order valence-corrected chi connectivity index (χ1v) is 6.51. The molecule has 0 aliphatic carbocycles. The topological polar surface area (TPSA) is 72.2 Å². The molecule has 0 saturated carbocycles. The first-order chi connectivity index (χ1) is 8.15. The predicted octanol–water partition coefficient (Wildman–Crippen LogP) is 1.69. The van der Waals surface area contributed by atoms with Gasteiger partial charge < -0.3 is 11.1 Å². The van der Waals surface area contributed by atoms with Crippen LogP contribution >= 0.6 is 15.9 Å². The van der Waals surface area contributed by atoms with E-state index in [1.165, 1.54) is 0 Å². The largest absolute Gasteiger partial charge is 0.366 e. The second-order valence-electron chi connectivity index (χ2n) is 3.59. The fraction of sp³-hybridized carbons (Fsp3) is 0.333. The van der Waals surface area contributed by atoms with Gasteiger partial charge in [-0.25, -0.2) is 0 Å². The standard InChI is InChI=1S/C12H15BrN2O2/c13-7-1-2-8-15-12(17)10-5-3-9(4-6-10)11(14)16/h3-6H,1-2,7-8H2,(H2,14,16)(H,15,17). The third kappa shape index (κ3) is 4.56. The molecular weight excluding hydrogens is 284 g/mol. The lowest BCUT2D eigenvalue weighted by Crippen LogP contribution is -2.24. The lowest BCUT2D eigenvalue weighted by atomic mass is 10.1. The van der Waals surface area contributed by atoms with Crippen LogP contribution in [0, 0.1) is 0 Å². The molecule has 1 aromatic rings. The number of carbonyl (C=O) groups is 2. The van der Waals surface area contributed by atoms with Crippen molar-refractivity contribution in [1.29, 1.82) is 0 Å². The normalized spacial score (nSPS) is 9.94. The highest BCUT2D eigenvalue weighted by molar-refractivity contribution is 9.09. The summed E-state index contributed by atoms with van der Waals surface area (Å²) in [7, 11) is 0. The van der Waals surface area contributed by atoms with E-state index in [4.69, 9.17) is 5.73 Å². The predicted molar refractivity (Wildman–Crippen MR) is 70.3 cm³/mol. The quantitative estimate of drug-likeness (QED) is 0.620. The Balaban J connectivity index is 2.49. The minimum Gasteiger partial charge on any atom is -0.366 e. The van der Waals surface area contributed by atoms with Crippen molar-refractivity contribution in [2.75, 3.05) is 11.9 Å². The van der Waals surface area contributed by atoms with Gasteiger partial charge in [0.05, 0.1) is 0 Å². The van der Waals surface area contributed by atoms with Gasteiger partial charge in [-0.2, -0.15) is 0 Å². The third-order valence-corrected chi connectivity index (χ3v) is 2.84. The Labute approximate surface area is 109 Å². The van der Waals surface area contributed by atoms with Gasteiger partial charge in [-0.05, 0) is 37.1 Å². The molecule has 0 bridgehead atoms. The molecule has 0 saturated heterocycles. The number of benzene rings is 1. The van der Waals surface area contributed by atoms with Crippen LogP contribution in [-0.2, 0) is 0 Å². The molecule has 0 spiro atoms. The van der Waals surface area contributed by atoms with E-state index in [-0.39, 0.29) is 5.91 Å². The van der Waals surface area contributed by atoms with Gasteiger partial charge >= 0.3 is 0 Å². The molecule has 0 radical (unpaired) electrons. The highest BCUT2D eigenvalue weighted by Gasteiger charge is 2.05. The zero-order valence-electron chi connectivity index (χ0n) is 9.41. The highest BCUT2D eigenvalue weighted by Crippen LogP contribution is 2.04. The molecule has 5 heteroatoms. The molecule has 0 aromatic heterocycles. The van der Waals surface area contributed by atoms with Crippen LogP contribution in [0.5, 0.6) is 0 Å². The van der Waals surface area contributed by atoms with Crippen molar-refractivity contribution in [2.24, 2.45) is 5.73 Å². The molecule has 17 heavy (non-hydrogen) atoms. The Morgan fingerprint density at radius 3 is 2.24 bits per heavy atom. The Morgan fingerprint density at radius 1 is 1.12 bits per heavy atom. The zero-order valence-corrected chi connectivity index (χ0v) is 11.0. The molecule has 1 aromatic carbocycles. The molecule has 0 atom stereocenters. The summed E-state index contributed by atoms with van der Waals surface area (Å²) in [6, 6.07) is 6.30. The number of amides is 2. The summed E-state index contributed by atoms with van der Waals surface area (Å²) in [6.07, 6.45) is 1.97. The number of rotatable bonds is 6. The molecule has 1 rings (SSSR count). The van der Waals surface area contributed by atoms with Gasteiger partial charge in [-0.1, -0.05) is 15.9 Å². The van der Waals surface area contributed by atoms with Crippen molar-refractivity contribution in [3.8, 4) is 0 Å². The van der Waals surface area contributed by atoms with Crippen molar-refractivity contribution >= 4 is 27.7 Å². The van der Waals surface area contributed by atoms with Crippen LogP contribution in [0.25, 0.3) is 0 Å². The first kappa shape index (κ1) is 13.7. The summed E-state index contributed by atoms with van der Waals surface area (Å²) in [5.74, 6) is -0.620.